The molecule has 2 aromatic rings. The number of rotatable bonds is 27. The van der Waals surface area contributed by atoms with Crippen molar-refractivity contribution in [3.63, 3.8) is 0 Å². The Hall–Kier alpha value is -0.390. The fourth-order valence-corrected chi connectivity index (χ4v) is 6.84. The smallest absolute Gasteiger partial charge is 0.744 e. The molecule has 0 saturated carbocycles. The molecule has 0 fully saturated rings. The minimum atomic E-state index is -4.47. The zero-order valence-electron chi connectivity index (χ0n) is 28.4. The maximum absolute atomic E-state index is 11.9. The summed E-state index contributed by atoms with van der Waals surface area (Å²) in [6.45, 7) is 4.54. The van der Waals surface area contributed by atoms with E-state index < -0.39 is 10.1 Å². The summed E-state index contributed by atoms with van der Waals surface area (Å²) in [7, 11) is -4.47. The van der Waals surface area contributed by atoms with Crippen LogP contribution in [0.25, 0.3) is 10.8 Å². The molecular formula is C38H63NaO3S. The Morgan fingerprint density at radius 2 is 0.907 bits per heavy atom. The number of benzene rings is 2. The van der Waals surface area contributed by atoms with E-state index in [0.717, 1.165) is 42.0 Å². The van der Waals surface area contributed by atoms with E-state index >= 15 is 0 Å². The minimum absolute atomic E-state index is 0. The van der Waals surface area contributed by atoms with Gasteiger partial charge in [-0.05, 0) is 59.7 Å². The second-order valence-electron chi connectivity index (χ2n) is 12.9. The molecule has 0 aromatic heterocycles. The molecule has 2 aromatic carbocycles. The van der Waals surface area contributed by atoms with Gasteiger partial charge >= 0.3 is 29.6 Å². The summed E-state index contributed by atoms with van der Waals surface area (Å²) >= 11 is 0. The molecule has 0 spiro atoms. The first kappa shape index (κ1) is 40.6. The van der Waals surface area contributed by atoms with Gasteiger partial charge in [0.1, 0.15) is 10.1 Å². The van der Waals surface area contributed by atoms with Gasteiger partial charge in [0, 0.05) is 0 Å². The number of hydrogen-bond donors (Lipinski definition) is 0. The van der Waals surface area contributed by atoms with Crippen molar-refractivity contribution in [2.45, 2.75) is 186 Å². The van der Waals surface area contributed by atoms with Crippen LogP contribution in [0.15, 0.2) is 35.2 Å². The summed E-state index contributed by atoms with van der Waals surface area (Å²) in [5.74, 6) is 0. The normalized spacial score (nSPS) is 11.7. The summed E-state index contributed by atoms with van der Waals surface area (Å²) in [5.41, 5.74) is 2.34. The summed E-state index contributed by atoms with van der Waals surface area (Å²) in [4.78, 5) is -0.0855. The zero-order chi connectivity index (χ0) is 30.3. The van der Waals surface area contributed by atoms with Crippen molar-refractivity contribution in [2.75, 3.05) is 0 Å². The monoisotopic (exact) mass is 622 g/mol. The summed E-state index contributed by atoms with van der Waals surface area (Å²) < 4.78 is 35.6. The fraction of sp³-hybridized carbons (Fsp3) is 0.737. The van der Waals surface area contributed by atoms with Crippen LogP contribution >= 0.6 is 0 Å². The Balaban J connectivity index is 0.00000924. The molecule has 2 rings (SSSR count). The van der Waals surface area contributed by atoms with Gasteiger partial charge in [0.25, 0.3) is 0 Å². The number of aryl methyl sites for hydroxylation is 2. The van der Waals surface area contributed by atoms with Crippen molar-refractivity contribution in [3.05, 3.63) is 41.5 Å². The molecule has 0 unspecified atom stereocenters. The summed E-state index contributed by atoms with van der Waals surface area (Å²) in [6, 6.07) is 9.61. The first-order valence-electron chi connectivity index (χ1n) is 18.0. The van der Waals surface area contributed by atoms with Crippen LogP contribution in [-0.4, -0.2) is 13.0 Å². The fourth-order valence-electron chi connectivity index (χ4n) is 6.29. The van der Waals surface area contributed by atoms with E-state index in [1.807, 2.05) is 6.07 Å². The maximum atomic E-state index is 11.9. The molecule has 0 aliphatic carbocycles. The molecular weight excluding hydrogens is 559 g/mol. The van der Waals surface area contributed by atoms with E-state index in [-0.39, 0.29) is 34.5 Å². The minimum Gasteiger partial charge on any atom is -0.744 e. The standard InChI is InChI=1S/C38H64O3S.Na/c1-3-5-7-9-11-13-15-17-19-21-23-25-27-34-29-30-36-33-37(42(39,40)41)32-35(38(36)31-34)28-26-24-22-20-18-16-14-12-10-8-6-4-2;/h29-33H,3-28H2,1-2H3,(H,39,40,41);/q;+1/p-1. The average Bonchev–Trinajstić information content (AvgIpc) is 2.97. The van der Waals surface area contributed by atoms with Gasteiger partial charge in [0.05, 0.1) is 4.90 Å². The Morgan fingerprint density at radius 3 is 1.33 bits per heavy atom. The van der Waals surface area contributed by atoms with Crippen LogP contribution in [0, 0.1) is 0 Å². The maximum Gasteiger partial charge on any atom is 1.00 e. The molecule has 0 aliphatic heterocycles. The predicted octanol–water partition coefficient (Wildman–Crippen LogP) is 9.24. The van der Waals surface area contributed by atoms with E-state index in [0.29, 0.717) is 0 Å². The second kappa shape index (κ2) is 25.8. The summed E-state index contributed by atoms with van der Waals surface area (Å²) in [5, 5.41) is 2.00. The van der Waals surface area contributed by atoms with Gasteiger partial charge in [-0.3, -0.25) is 0 Å². The molecule has 0 bridgehead atoms. The van der Waals surface area contributed by atoms with Crippen molar-refractivity contribution in [2.24, 2.45) is 0 Å². The van der Waals surface area contributed by atoms with Crippen LogP contribution in [0.4, 0.5) is 0 Å². The molecule has 5 heteroatoms. The second-order valence-corrected chi connectivity index (χ2v) is 14.2. The van der Waals surface area contributed by atoms with Gasteiger partial charge in [0.15, 0.2) is 0 Å². The molecule has 240 valence electrons. The van der Waals surface area contributed by atoms with Crippen molar-refractivity contribution in [3.8, 4) is 0 Å². The molecule has 0 amide bonds. The van der Waals surface area contributed by atoms with E-state index in [1.54, 1.807) is 12.1 Å². The van der Waals surface area contributed by atoms with Crippen LogP contribution in [0.5, 0.6) is 0 Å². The van der Waals surface area contributed by atoms with Gasteiger partial charge in [-0.25, -0.2) is 8.42 Å². The molecule has 0 radical (unpaired) electrons. The van der Waals surface area contributed by atoms with Gasteiger partial charge in [0.2, 0.25) is 0 Å². The quantitative estimate of drug-likeness (QED) is 0.0567. The molecule has 43 heavy (non-hydrogen) atoms. The average molecular weight is 623 g/mol. The first-order chi connectivity index (χ1) is 20.5. The Bertz CT molecular complexity index is 1070. The van der Waals surface area contributed by atoms with Crippen LogP contribution < -0.4 is 29.6 Å². The molecule has 0 heterocycles. The molecule has 3 nitrogen and oxygen atoms in total. The first-order valence-corrected chi connectivity index (χ1v) is 19.4. The number of fused-ring (bicyclic) bond motifs is 1. The van der Waals surface area contributed by atoms with Crippen molar-refractivity contribution in [1.29, 1.82) is 0 Å². The van der Waals surface area contributed by atoms with Crippen molar-refractivity contribution in [1.82, 2.24) is 0 Å². The zero-order valence-corrected chi connectivity index (χ0v) is 31.2. The van der Waals surface area contributed by atoms with Gasteiger partial charge in [-0.1, -0.05) is 173 Å². The molecule has 0 saturated heterocycles. The number of unbranched alkanes of at least 4 members (excludes halogenated alkanes) is 22. The van der Waals surface area contributed by atoms with Crippen LogP contribution in [0.2, 0.25) is 0 Å². The largest absolute Gasteiger partial charge is 1.00 e. The third kappa shape index (κ3) is 19.0. The van der Waals surface area contributed by atoms with E-state index in [4.69, 9.17) is 0 Å². The van der Waals surface area contributed by atoms with Crippen LogP contribution in [0.1, 0.15) is 179 Å². The van der Waals surface area contributed by atoms with Crippen LogP contribution in [-0.2, 0) is 23.0 Å². The van der Waals surface area contributed by atoms with Crippen molar-refractivity contribution < 1.29 is 42.5 Å². The Labute approximate surface area is 288 Å². The predicted molar refractivity (Wildman–Crippen MR) is 181 cm³/mol. The van der Waals surface area contributed by atoms with Crippen molar-refractivity contribution >= 4 is 20.9 Å². The SMILES string of the molecule is CCCCCCCCCCCCCCc1ccc2cc(S(=O)(=O)[O-])cc(CCCCCCCCCCCCCC)c2c1.[Na+]. The molecule has 0 N–H and O–H groups in total. The van der Waals surface area contributed by atoms with Gasteiger partial charge in [-0.2, -0.15) is 0 Å². The molecule has 0 atom stereocenters. The molecule has 0 aliphatic rings. The van der Waals surface area contributed by atoms with Gasteiger partial charge < -0.3 is 4.55 Å². The van der Waals surface area contributed by atoms with E-state index in [1.165, 1.54) is 147 Å². The van der Waals surface area contributed by atoms with E-state index in [9.17, 15) is 13.0 Å². The number of hydrogen-bond acceptors (Lipinski definition) is 3. The third-order valence-electron chi connectivity index (χ3n) is 8.99. The van der Waals surface area contributed by atoms with Crippen LogP contribution in [0.3, 0.4) is 0 Å². The third-order valence-corrected chi connectivity index (χ3v) is 9.80. The Kier molecular flexibility index (Phi) is 24.3. The van der Waals surface area contributed by atoms with E-state index in [2.05, 4.69) is 26.0 Å². The summed E-state index contributed by atoms with van der Waals surface area (Å²) in [6.07, 6.45) is 33.7. The Morgan fingerprint density at radius 1 is 0.512 bits per heavy atom. The van der Waals surface area contributed by atoms with Gasteiger partial charge in [-0.15, -0.1) is 0 Å². The topological polar surface area (TPSA) is 57.2 Å².